The molecule has 0 aromatic heterocycles. The lowest BCUT2D eigenvalue weighted by atomic mass is 9.92. The van der Waals surface area contributed by atoms with Gasteiger partial charge in [-0.25, -0.2) is 13.5 Å². The summed E-state index contributed by atoms with van der Waals surface area (Å²) in [7, 11) is -3.18. The van der Waals surface area contributed by atoms with Gasteiger partial charge in [0, 0.05) is 32.7 Å². The zero-order valence-electron chi connectivity index (χ0n) is 14.7. The molecule has 0 bridgehead atoms. The quantitative estimate of drug-likeness (QED) is 0.671. The van der Waals surface area contributed by atoms with Crippen molar-refractivity contribution in [3.8, 4) is 0 Å². The second-order valence-corrected chi connectivity index (χ2v) is 9.88. The van der Waals surface area contributed by atoms with Crippen molar-refractivity contribution < 1.29 is 22.8 Å². The van der Waals surface area contributed by atoms with E-state index in [0.717, 1.165) is 19.4 Å². The van der Waals surface area contributed by atoms with Gasteiger partial charge in [0.1, 0.15) is 11.6 Å². The van der Waals surface area contributed by atoms with Crippen LogP contribution in [0.15, 0.2) is 0 Å². The van der Waals surface area contributed by atoms with Crippen molar-refractivity contribution in [3.63, 3.8) is 0 Å². The van der Waals surface area contributed by atoms with E-state index >= 15 is 0 Å². The van der Waals surface area contributed by atoms with Crippen molar-refractivity contribution >= 4 is 15.9 Å². The van der Waals surface area contributed by atoms with Gasteiger partial charge in [-0.15, -0.1) is 0 Å². The number of hydrogen-bond acceptors (Lipinski definition) is 6. The maximum atomic E-state index is 12.9. The Balaban J connectivity index is 1.43. The smallest absolute Gasteiger partial charge is 0.265 e. The fourth-order valence-electron chi connectivity index (χ4n) is 3.90. The molecule has 0 radical (unpaired) electrons. The first-order chi connectivity index (χ1) is 11.9. The number of sulfonamides is 1. The van der Waals surface area contributed by atoms with Crippen LogP contribution < -0.4 is 0 Å². The average Bonchev–Trinajstić information content (AvgIpc) is 3.36. The average molecular weight is 373 g/mol. The molecule has 1 aliphatic carbocycles. The molecule has 25 heavy (non-hydrogen) atoms. The summed E-state index contributed by atoms with van der Waals surface area (Å²) in [6.45, 7) is 3.80. The monoisotopic (exact) mass is 373 g/mol. The Morgan fingerprint density at radius 1 is 1.20 bits per heavy atom. The summed E-state index contributed by atoms with van der Waals surface area (Å²) in [6.07, 6.45) is 5.60. The van der Waals surface area contributed by atoms with Gasteiger partial charge in [0.25, 0.3) is 5.91 Å². The molecular formula is C16H27N3O5S. The van der Waals surface area contributed by atoms with Crippen molar-refractivity contribution in [2.45, 2.75) is 37.3 Å². The van der Waals surface area contributed by atoms with E-state index in [1.807, 2.05) is 0 Å². The molecule has 4 rings (SSSR count). The van der Waals surface area contributed by atoms with Crippen molar-refractivity contribution in [2.75, 3.05) is 52.2 Å². The second kappa shape index (κ2) is 6.45. The summed E-state index contributed by atoms with van der Waals surface area (Å²) in [6, 6.07) is -0.323. The van der Waals surface area contributed by atoms with Crippen LogP contribution >= 0.6 is 0 Å². The highest BCUT2D eigenvalue weighted by atomic mass is 32.2. The van der Waals surface area contributed by atoms with Gasteiger partial charge in [0.15, 0.2) is 0 Å². The number of rotatable bonds is 4. The number of morpholine rings is 1. The summed E-state index contributed by atoms with van der Waals surface area (Å²) in [5.41, 5.74) is -0.461. The molecule has 3 aliphatic heterocycles. The van der Waals surface area contributed by atoms with E-state index in [9.17, 15) is 13.2 Å². The normalized spacial score (nSPS) is 31.1. The summed E-state index contributed by atoms with van der Waals surface area (Å²) in [5.74, 6) is 0.633. The molecule has 1 atom stereocenters. The van der Waals surface area contributed by atoms with Gasteiger partial charge < -0.3 is 4.74 Å². The number of hydrogen-bond donors (Lipinski definition) is 0. The standard InChI is InChI=1S/C16H27N3O5S/c1-25(21,22)18-11-16(12-18)10-17(8-13-4-5-13)14(9-23-16)15(20)19-6-2-3-7-24-19/h13-14H,2-12H2,1H3/t14-/m1/s1. The number of nitrogens with zero attached hydrogens (tertiary/aromatic N) is 3. The van der Waals surface area contributed by atoms with Gasteiger partial charge in [-0.1, -0.05) is 0 Å². The molecule has 1 amide bonds. The topological polar surface area (TPSA) is 79.4 Å². The third-order valence-electron chi connectivity index (χ3n) is 5.60. The van der Waals surface area contributed by atoms with Gasteiger partial charge in [-0.2, -0.15) is 4.31 Å². The van der Waals surface area contributed by atoms with Crippen LogP contribution in [-0.4, -0.2) is 92.4 Å². The van der Waals surface area contributed by atoms with Gasteiger partial charge in [-0.05, 0) is 31.6 Å². The van der Waals surface area contributed by atoms with Gasteiger partial charge in [-0.3, -0.25) is 14.5 Å². The largest absolute Gasteiger partial charge is 0.369 e. The molecule has 0 unspecified atom stereocenters. The van der Waals surface area contributed by atoms with Crippen molar-refractivity contribution in [1.82, 2.24) is 14.3 Å². The predicted octanol–water partition coefficient (Wildman–Crippen LogP) is -0.335. The summed E-state index contributed by atoms with van der Waals surface area (Å²) >= 11 is 0. The number of ether oxygens (including phenoxy) is 1. The summed E-state index contributed by atoms with van der Waals surface area (Å²) in [4.78, 5) is 20.6. The fourth-order valence-corrected chi connectivity index (χ4v) is 4.84. The molecule has 0 aromatic carbocycles. The van der Waals surface area contributed by atoms with E-state index < -0.39 is 15.6 Å². The first kappa shape index (κ1) is 17.7. The second-order valence-electron chi connectivity index (χ2n) is 7.89. The van der Waals surface area contributed by atoms with E-state index in [-0.39, 0.29) is 11.9 Å². The molecule has 8 nitrogen and oxygen atoms in total. The van der Waals surface area contributed by atoms with Crippen molar-refractivity contribution in [2.24, 2.45) is 5.92 Å². The maximum Gasteiger partial charge on any atom is 0.265 e. The van der Waals surface area contributed by atoms with E-state index in [1.165, 1.54) is 28.5 Å². The van der Waals surface area contributed by atoms with E-state index in [0.29, 0.717) is 45.3 Å². The van der Waals surface area contributed by atoms with Crippen LogP contribution in [0.3, 0.4) is 0 Å². The minimum atomic E-state index is -3.18. The van der Waals surface area contributed by atoms with Crippen LogP contribution in [0.5, 0.6) is 0 Å². The zero-order chi connectivity index (χ0) is 17.7. The van der Waals surface area contributed by atoms with Crippen LogP contribution in [0, 0.1) is 5.92 Å². The highest BCUT2D eigenvalue weighted by Gasteiger charge is 2.54. The van der Waals surface area contributed by atoms with Crippen molar-refractivity contribution in [3.05, 3.63) is 0 Å². The highest BCUT2D eigenvalue weighted by Crippen LogP contribution is 2.36. The van der Waals surface area contributed by atoms with Crippen LogP contribution in [0.2, 0.25) is 0 Å². The molecule has 0 aromatic rings. The minimum Gasteiger partial charge on any atom is -0.369 e. The molecule has 3 heterocycles. The van der Waals surface area contributed by atoms with Crippen LogP contribution in [0.25, 0.3) is 0 Å². The fraction of sp³-hybridized carbons (Fsp3) is 0.938. The molecule has 9 heteroatoms. The van der Waals surface area contributed by atoms with Gasteiger partial charge >= 0.3 is 0 Å². The number of amides is 1. The van der Waals surface area contributed by atoms with Crippen molar-refractivity contribution in [1.29, 1.82) is 0 Å². The molecular weight excluding hydrogens is 346 g/mol. The van der Waals surface area contributed by atoms with E-state index in [1.54, 1.807) is 0 Å². The van der Waals surface area contributed by atoms with Crippen LogP contribution in [0.4, 0.5) is 0 Å². The van der Waals surface area contributed by atoms with Crippen LogP contribution in [-0.2, 0) is 24.4 Å². The predicted molar refractivity (Wildman–Crippen MR) is 90.1 cm³/mol. The number of carbonyl (C=O) groups excluding carboxylic acids is 1. The maximum absolute atomic E-state index is 12.9. The number of carbonyl (C=O) groups is 1. The Morgan fingerprint density at radius 2 is 1.96 bits per heavy atom. The lowest BCUT2D eigenvalue weighted by molar-refractivity contribution is -0.220. The Labute approximate surface area is 149 Å². The minimum absolute atomic E-state index is 0.0190. The van der Waals surface area contributed by atoms with Gasteiger partial charge in [0.2, 0.25) is 10.0 Å². The molecule has 1 saturated carbocycles. The first-order valence-corrected chi connectivity index (χ1v) is 11.0. The molecule has 4 fully saturated rings. The molecule has 142 valence electrons. The molecule has 1 spiro atoms. The zero-order valence-corrected chi connectivity index (χ0v) is 15.5. The summed E-state index contributed by atoms with van der Waals surface area (Å²) < 4.78 is 30.8. The summed E-state index contributed by atoms with van der Waals surface area (Å²) in [5, 5.41) is 1.50. The lowest BCUT2D eigenvalue weighted by Gasteiger charge is -2.54. The van der Waals surface area contributed by atoms with Crippen LogP contribution in [0.1, 0.15) is 25.7 Å². The molecule has 4 aliphatic rings. The Bertz CT molecular complexity index is 624. The Hall–Kier alpha value is -0.740. The Morgan fingerprint density at radius 3 is 2.56 bits per heavy atom. The van der Waals surface area contributed by atoms with E-state index in [4.69, 9.17) is 9.57 Å². The molecule has 0 N–H and O–H groups in total. The first-order valence-electron chi connectivity index (χ1n) is 9.14. The highest BCUT2D eigenvalue weighted by molar-refractivity contribution is 7.88. The SMILES string of the molecule is CS(=O)(=O)N1CC2(CN(CC3CC3)[C@@H](C(=O)N3CCCCO3)CO2)C1. The Kier molecular flexibility index (Phi) is 4.56. The lowest BCUT2D eigenvalue weighted by Crippen LogP contribution is -2.73. The third kappa shape index (κ3) is 3.71. The van der Waals surface area contributed by atoms with E-state index in [2.05, 4.69) is 4.90 Å². The molecule has 3 saturated heterocycles. The number of hydroxylamine groups is 2. The van der Waals surface area contributed by atoms with Gasteiger partial charge in [0.05, 0.1) is 19.5 Å². The third-order valence-corrected chi connectivity index (χ3v) is 6.80.